The minimum absolute atomic E-state index is 0.161. The van der Waals surface area contributed by atoms with Crippen molar-refractivity contribution < 1.29 is 23.7 Å². The van der Waals surface area contributed by atoms with E-state index < -0.39 is 0 Å². The lowest BCUT2D eigenvalue weighted by Crippen LogP contribution is -2.26. The predicted molar refractivity (Wildman–Crippen MR) is 118 cm³/mol. The van der Waals surface area contributed by atoms with Gasteiger partial charge in [-0.15, -0.1) is 11.8 Å². The molecule has 1 saturated heterocycles. The van der Waals surface area contributed by atoms with Crippen molar-refractivity contribution in [2.45, 2.75) is 5.16 Å². The molecular formula is C20H23N3O5S2. The third kappa shape index (κ3) is 4.44. The minimum Gasteiger partial charge on any atom is -0.493 e. The van der Waals surface area contributed by atoms with Gasteiger partial charge in [-0.2, -0.15) is 4.98 Å². The summed E-state index contributed by atoms with van der Waals surface area (Å²) in [4.78, 5) is 23.7. The summed E-state index contributed by atoms with van der Waals surface area (Å²) in [5, 5.41) is 1.42. The Morgan fingerprint density at radius 1 is 1.13 bits per heavy atom. The first-order chi connectivity index (χ1) is 14.6. The number of benzene rings is 1. The van der Waals surface area contributed by atoms with Crippen molar-refractivity contribution in [1.29, 1.82) is 0 Å². The van der Waals surface area contributed by atoms with E-state index in [2.05, 4.69) is 9.97 Å². The van der Waals surface area contributed by atoms with Crippen LogP contribution in [0.1, 0.15) is 15.9 Å². The maximum Gasteiger partial charge on any atom is 0.258 e. The second-order valence-corrected chi connectivity index (χ2v) is 7.91. The molecular weight excluding hydrogens is 426 g/mol. The van der Waals surface area contributed by atoms with E-state index in [1.165, 1.54) is 33.1 Å². The molecule has 1 aromatic carbocycles. The average Bonchev–Trinajstić information content (AvgIpc) is 3.25. The first-order valence-corrected chi connectivity index (χ1v) is 11.2. The van der Waals surface area contributed by atoms with Gasteiger partial charge >= 0.3 is 0 Å². The molecule has 0 radical (unpaired) electrons. The third-order valence-corrected chi connectivity index (χ3v) is 5.98. The van der Waals surface area contributed by atoms with E-state index in [1.807, 2.05) is 12.3 Å². The Hall–Kier alpha value is -2.59. The first-order valence-electron chi connectivity index (χ1n) is 8.97. The summed E-state index contributed by atoms with van der Waals surface area (Å²) in [6.07, 6.45) is 5.47. The standard InChI is InChI=1S/C20H23N3O5S2/c1-25-14-8-12(9-15(26-2)17(14)27-3)19(24)23-6-7-30-16(23)10-13-11-21-20(29-5)22-18(13)28-4/h8-11H,6-7H2,1-5H3/b16-10+. The second kappa shape index (κ2) is 9.94. The zero-order valence-corrected chi connectivity index (χ0v) is 19.1. The number of hydrogen-bond donors (Lipinski definition) is 0. The molecule has 0 atom stereocenters. The number of hydrogen-bond acceptors (Lipinski definition) is 9. The Morgan fingerprint density at radius 2 is 1.83 bits per heavy atom. The number of nitrogens with zero attached hydrogens (tertiary/aromatic N) is 3. The molecule has 0 aliphatic carbocycles. The summed E-state index contributed by atoms with van der Waals surface area (Å²) in [6.45, 7) is 0.581. The van der Waals surface area contributed by atoms with Gasteiger partial charge in [-0.1, -0.05) is 11.8 Å². The molecule has 0 spiro atoms. The smallest absolute Gasteiger partial charge is 0.258 e. The Balaban J connectivity index is 1.96. The van der Waals surface area contributed by atoms with Crippen LogP contribution in [-0.4, -0.2) is 67.8 Å². The van der Waals surface area contributed by atoms with Crippen molar-refractivity contribution in [3.63, 3.8) is 0 Å². The zero-order valence-electron chi connectivity index (χ0n) is 17.4. The quantitative estimate of drug-likeness (QED) is 0.466. The Morgan fingerprint density at radius 3 is 2.40 bits per heavy atom. The molecule has 10 heteroatoms. The highest BCUT2D eigenvalue weighted by Gasteiger charge is 2.28. The molecule has 160 valence electrons. The number of carbonyl (C=O) groups is 1. The van der Waals surface area contributed by atoms with Crippen LogP contribution in [0.5, 0.6) is 23.1 Å². The third-order valence-electron chi connectivity index (χ3n) is 4.40. The summed E-state index contributed by atoms with van der Waals surface area (Å²) >= 11 is 3.02. The number of rotatable bonds is 7. The van der Waals surface area contributed by atoms with Crippen molar-refractivity contribution in [2.24, 2.45) is 0 Å². The number of carbonyl (C=O) groups excluding carboxylic acids is 1. The molecule has 30 heavy (non-hydrogen) atoms. The summed E-state index contributed by atoms with van der Waals surface area (Å²) < 4.78 is 21.5. The van der Waals surface area contributed by atoms with Crippen molar-refractivity contribution >= 4 is 35.5 Å². The summed E-state index contributed by atoms with van der Waals surface area (Å²) in [5.41, 5.74) is 1.15. The van der Waals surface area contributed by atoms with E-state index in [0.29, 0.717) is 46.0 Å². The fourth-order valence-corrected chi connectivity index (χ4v) is 4.32. The molecule has 1 aliphatic rings. The molecule has 1 fully saturated rings. The Labute approximate surface area is 184 Å². The van der Waals surface area contributed by atoms with Gasteiger partial charge in [-0.3, -0.25) is 4.79 Å². The van der Waals surface area contributed by atoms with Gasteiger partial charge in [0.2, 0.25) is 11.6 Å². The van der Waals surface area contributed by atoms with E-state index in [-0.39, 0.29) is 5.91 Å². The lowest BCUT2D eigenvalue weighted by molar-refractivity contribution is 0.0830. The van der Waals surface area contributed by atoms with Crippen LogP contribution in [0.15, 0.2) is 28.5 Å². The molecule has 1 aliphatic heterocycles. The van der Waals surface area contributed by atoms with E-state index >= 15 is 0 Å². The van der Waals surface area contributed by atoms with E-state index in [4.69, 9.17) is 18.9 Å². The highest BCUT2D eigenvalue weighted by atomic mass is 32.2. The number of aromatic nitrogens is 2. The van der Waals surface area contributed by atoms with Gasteiger partial charge in [0.1, 0.15) is 0 Å². The molecule has 0 unspecified atom stereocenters. The number of thioether (sulfide) groups is 2. The molecule has 2 aromatic rings. The number of amides is 1. The zero-order chi connectivity index (χ0) is 21.7. The van der Waals surface area contributed by atoms with Crippen LogP contribution in [0.2, 0.25) is 0 Å². The van der Waals surface area contributed by atoms with E-state index in [9.17, 15) is 4.79 Å². The molecule has 0 bridgehead atoms. The fraction of sp³-hybridized carbons (Fsp3) is 0.350. The second-order valence-electron chi connectivity index (χ2n) is 6.02. The summed E-state index contributed by atoms with van der Waals surface area (Å²) in [5.74, 6) is 2.40. The molecule has 0 saturated carbocycles. The van der Waals surface area contributed by atoms with Gasteiger partial charge < -0.3 is 23.8 Å². The van der Waals surface area contributed by atoms with Crippen molar-refractivity contribution in [2.75, 3.05) is 47.0 Å². The first kappa shape index (κ1) is 22.1. The van der Waals surface area contributed by atoms with Gasteiger partial charge in [0.25, 0.3) is 5.91 Å². The number of methoxy groups -OCH3 is 4. The van der Waals surface area contributed by atoms with Crippen LogP contribution >= 0.6 is 23.5 Å². The van der Waals surface area contributed by atoms with E-state index in [1.54, 1.807) is 42.1 Å². The Bertz CT molecular complexity index is 942. The summed E-state index contributed by atoms with van der Waals surface area (Å²) in [6, 6.07) is 3.31. The monoisotopic (exact) mass is 449 g/mol. The largest absolute Gasteiger partial charge is 0.493 e. The highest BCUT2D eigenvalue weighted by molar-refractivity contribution is 8.03. The fourth-order valence-electron chi connectivity index (χ4n) is 2.97. The predicted octanol–water partition coefficient (Wildman–Crippen LogP) is 3.42. The van der Waals surface area contributed by atoms with Gasteiger partial charge in [0.05, 0.1) is 39.0 Å². The van der Waals surface area contributed by atoms with Crippen LogP contribution in [0.3, 0.4) is 0 Å². The van der Waals surface area contributed by atoms with E-state index in [0.717, 1.165) is 10.8 Å². The highest BCUT2D eigenvalue weighted by Crippen LogP contribution is 2.40. The topological polar surface area (TPSA) is 83.0 Å². The van der Waals surface area contributed by atoms with Crippen molar-refractivity contribution in [3.05, 3.63) is 34.5 Å². The lowest BCUT2D eigenvalue weighted by atomic mass is 10.1. The van der Waals surface area contributed by atoms with Crippen LogP contribution in [-0.2, 0) is 0 Å². The van der Waals surface area contributed by atoms with Crippen LogP contribution in [0, 0.1) is 0 Å². The van der Waals surface area contributed by atoms with Crippen molar-refractivity contribution in [1.82, 2.24) is 14.9 Å². The maximum atomic E-state index is 13.3. The minimum atomic E-state index is -0.161. The van der Waals surface area contributed by atoms with Gasteiger partial charge in [-0.25, -0.2) is 4.98 Å². The number of ether oxygens (including phenoxy) is 4. The molecule has 2 heterocycles. The SMILES string of the molecule is COc1cc(C(=O)N2CCS/C2=C/c2cnc(SC)nc2OC)cc(OC)c1OC. The molecule has 1 aromatic heterocycles. The summed E-state index contributed by atoms with van der Waals surface area (Å²) in [7, 11) is 6.13. The van der Waals surface area contributed by atoms with Gasteiger partial charge in [0, 0.05) is 24.1 Å². The Kier molecular flexibility index (Phi) is 7.33. The normalized spacial score (nSPS) is 14.7. The average molecular weight is 450 g/mol. The molecule has 8 nitrogen and oxygen atoms in total. The molecule has 1 amide bonds. The molecule has 0 N–H and O–H groups in total. The maximum absolute atomic E-state index is 13.3. The van der Waals surface area contributed by atoms with Crippen molar-refractivity contribution in [3.8, 4) is 23.1 Å². The molecule has 3 rings (SSSR count). The lowest BCUT2D eigenvalue weighted by Gasteiger charge is -2.19. The van der Waals surface area contributed by atoms with Gasteiger partial charge in [0.15, 0.2) is 16.7 Å². The van der Waals surface area contributed by atoms with Crippen LogP contribution in [0.25, 0.3) is 6.08 Å². The van der Waals surface area contributed by atoms with Gasteiger partial charge in [-0.05, 0) is 24.5 Å². The van der Waals surface area contributed by atoms with Crippen LogP contribution < -0.4 is 18.9 Å². The van der Waals surface area contributed by atoms with Crippen LogP contribution in [0.4, 0.5) is 0 Å².